The van der Waals surface area contributed by atoms with Gasteiger partial charge in [0.05, 0.1) is 18.7 Å². The smallest absolute Gasteiger partial charge is 0.433 e. The van der Waals surface area contributed by atoms with Crippen LogP contribution in [-0.2, 0) is 6.18 Å². The molecule has 0 aliphatic rings. The van der Waals surface area contributed by atoms with Gasteiger partial charge in [0.15, 0.2) is 0 Å². The third-order valence-corrected chi connectivity index (χ3v) is 4.98. The number of anilines is 1. The van der Waals surface area contributed by atoms with Crippen molar-refractivity contribution in [2.24, 2.45) is 0 Å². The van der Waals surface area contributed by atoms with Gasteiger partial charge in [-0.3, -0.25) is 10.4 Å². The normalized spacial score (nSPS) is 12.4. The van der Waals surface area contributed by atoms with E-state index in [1.165, 1.54) is 37.6 Å². The molecule has 0 aliphatic carbocycles. The second-order valence-corrected chi connectivity index (χ2v) is 7.34. The molecule has 3 aromatic heterocycles. The third-order valence-electron chi connectivity index (χ3n) is 4.98. The summed E-state index contributed by atoms with van der Waals surface area (Å²) in [7, 11) is 1.22. The second-order valence-electron chi connectivity index (χ2n) is 7.34. The van der Waals surface area contributed by atoms with Crippen LogP contribution in [0.1, 0.15) is 24.2 Å². The minimum Gasteiger partial charge on any atom is -0.481 e. The fraction of sp³-hybridized carbons (Fsp3) is 0.182. The predicted molar refractivity (Wildman–Crippen MR) is 116 cm³/mol. The summed E-state index contributed by atoms with van der Waals surface area (Å²) in [4.78, 5) is 19.9. The maximum absolute atomic E-state index is 13.2. The lowest BCUT2D eigenvalue weighted by Gasteiger charge is -2.14. The summed E-state index contributed by atoms with van der Waals surface area (Å²) in [6.45, 7) is 1.74. The van der Waals surface area contributed by atoms with Crippen LogP contribution in [0.15, 0.2) is 48.7 Å². The highest BCUT2D eigenvalue weighted by Crippen LogP contribution is 2.34. The highest BCUT2D eigenvalue weighted by Gasteiger charge is 2.34. The first-order chi connectivity index (χ1) is 16.1. The number of methoxy groups -OCH3 is 1. The Kier molecular flexibility index (Phi) is 6.05. The van der Waals surface area contributed by atoms with Crippen LogP contribution < -0.4 is 15.4 Å². The highest BCUT2D eigenvalue weighted by atomic mass is 19.4. The number of amides is 2. The van der Waals surface area contributed by atoms with E-state index in [2.05, 4.69) is 30.8 Å². The number of hydrogen-bond acceptors (Lipinski definition) is 5. The van der Waals surface area contributed by atoms with Crippen molar-refractivity contribution in [2.45, 2.75) is 19.1 Å². The van der Waals surface area contributed by atoms with Gasteiger partial charge in [0.25, 0.3) is 0 Å². The molecule has 0 fully saturated rings. The fourth-order valence-electron chi connectivity index (χ4n) is 3.28. The molecule has 0 unspecified atom stereocenters. The Morgan fingerprint density at radius 1 is 1.15 bits per heavy atom. The zero-order valence-corrected chi connectivity index (χ0v) is 17.9. The summed E-state index contributed by atoms with van der Waals surface area (Å²) in [5.41, 5.74) is 0.394. The first-order valence-electron chi connectivity index (χ1n) is 9.95. The van der Waals surface area contributed by atoms with Gasteiger partial charge in [0, 0.05) is 29.3 Å². The molecular formula is C22H18F4N6O2. The molecule has 34 heavy (non-hydrogen) atoms. The molecule has 3 N–H and O–H groups in total. The molecule has 0 radical (unpaired) electrons. The van der Waals surface area contributed by atoms with E-state index in [1.807, 2.05) is 0 Å². The number of alkyl halides is 3. The zero-order chi connectivity index (χ0) is 24.5. The first-order valence-corrected chi connectivity index (χ1v) is 9.95. The van der Waals surface area contributed by atoms with Gasteiger partial charge in [-0.1, -0.05) is 12.1 Å². The van der Waals surface area contributed by atoms with E-state index in [-0.39, 0.29) is 28.8 Å². The number of hydrogen-bond donors (Lipinski definition) is 3. The minimum absolute atomic E-state index is 0.138. The Bertz CT molecular complexity index is 1340. The summed E-state index contributed by atoms with van der Waals surface area (Å²) >= 11 is 0. The van der Waals surface area contributed by atoms with E-state index in [4.69, 9.17) is 4.74 Å². The number of aromatic nitrogens is 4. The van der Waals surface area contributed by atoms with Gasteiger partial charge in [-0.25, -0.2) is 19.2 Å². The average molecular weight is 474 g/mol. The van der Waals surface area contributed by atoms with Gasteiger partial charge in [0.2, 0.25) is 5.88 Å². The number of aromatic amines is 1. The molecule has 3 heterocycles. The van der Waals surface area contributed by atoms with E-state index in [9.17, 15) is 22.4 Å². The lowest BCUT2D eigenvalue weighted by atomic mass is 10.1. The van der Waals surface area contributed by atoms with Crippen molar-refractivity contribution in [3.8, 4) is 17.1 Å². The minimum atomic E-state index is -4.66. The van der Waals surface area contributed by atoms with Crippen LogP contribution in [0.2, 0.25) is 0 Å². The van der Waals surface area contributed by atoms with E-state index in [0.29, 0.717) is 16.5 Å². The van der Waals surface area contributed by atoms with Crippen LogP contribution >= 0.6 is 0 Å². The molecule has 0 bridgehead atoms. The monoisotopic (exact) mass is 474 g/mol. The Morgan fingerprint density at radius 2 is 1.88 bits per heavy atom. The summed E-state index contributed by atoms with van der Waals surface area (Å²) in [6, 6.07) is 8.49. The molecule has 0 saturated heterocycles. The molecule has 0 saturated carbocycles. The molecule has 2 amide bonds. The Balaban J connectivity index is 1.54. The van der Waals surface area contributed by atoms with Crippen LogP contribution in [0.5, 0.6) is 5.88 Å². The molecule has 8 nitrogen and oxygen atoms in total. The number of nitrogens with zero attached hydrogens (tertiary/aromatic N) is 3. The summed E-state index contributed by atoms with van der Waals surface area (Å²) in [5, 5.41) is 12.6. The number of fused-ring (bicyclic) bond motifs is 1. The molecular weight excluding hydrogens is 456 g/mol. The van der Waals surface area contributed by atoms with Gasteiger partial charge in [0.1, 0.15) is 23.0 Å². The number of halogens is 4. The SMILES string of the molecule is COc1cc(-c2n[nH]c3cc(NC(=O)N[C@H](C)c4ccc(F)cc4)ncc23)cc(C(F)(F)F)n1. The van der Waals surface area contributed by atoms with E-state index < -0.39 is 23.9 Å². The maximum Gasteiger partial charge on any atom is 0.433 e. The molecule has 176 valence electrons. The number of nitrogens with one attached hydrogen (secondary N) is 3. The molecule has 1 atom stereocenters. The number of pyridine rings is 2. The van der Waals surface area contributed by atoms with Crippen molar-refractivity contribution in [3.05, 3.63) is 65.7 Å². The van der Waals surface area contributed by atoms with Crippen molar-refractivity contribution in [2.75, 3.05) is 12.4 Å². The number of carbonyl (C=O) groups excluding carboxylic acids is 1. The van der Waals surface area contributed by atoms with E-state index in [1.54, 1.807) is 19.1 Å². The van der Waals surface area contributed by atoms with Gasteiger partial charge in [-0.15, -0.1) is 0 Å². The summed E-state index contributed by atoms with van der Waals surface area (Å²) in [5.74, 6) is -0.398. The highest BCUT2D eigenvalue weighted by molar-refractivity contribution is 5.96. The number of carbonyl (C=O) groups is 1. The van der Waals surface area contributed by atoms with Crippen molar-refractivity contribution in [1.82, 2.24) is 25.5 Å². The van der Waals surface area contributed by atoms with Crippen LogP contribution in [0.4, 0.5) is 28.2 Å². The molecule has 12 heteroatoms. The molecule has 0 aliphatic heterocycles. The standard InChI is InChI=1S/C22H18F4N6O2/c1-11(12-3-5-14(23)6-4-12)28-21(33)30-18-9-16-15(10-27-18)20(32-31-16)13-7-17(22(24,25)26)29-19(8-13)34-2/h3-11H,1-2H3,(H,31,32)(H2,27,28,30,33)/t11-/m1/s1. The van der Waals surface area contributed by atoms with Crippen LogP contribution in [-0.4, -0.2) is 33.3 Å². The fourth-order valence-corrected chi connectivity index (χ4v) is 3.28. The number of rotatable bonds is 5. The van der Waals surface area contributed by atoms with Gasteiger partial charge in [-0.2, -0.15) is 18.3 Å². The number of benzene rings is 1. The maximum atomic E-state index is 13.2. The van der Waals surface area contributed by atoms with Gasteiger partial charge < -0.3 is 10.1 Å². The van der Waals surface area contributed by atoms with E-state index >= 15 is 0 Å². The lowest BCUT2D eigenvalue weighted by molar-refractivity contribution is -0.141. The third kappa shape index (κ3) is 4.90. The van der Waals surface area contributed by atoms with Crippen molar-refractivity contribution in [1.29, 1.82) is 0 Å². The second kappa shape index (κ2) is 8.96. The van der Waals surface area contributed by atoms with Crippen LogP contribution in [0, 0.1) is 5.82 Å². The Hall–Kier alpha value is -4.22. The first kappa shape index (κ1) is 23.0. The lowest BCUT2D eigenvalue weighted by Crippen LogP contribution is -2.31. The number of ether oxygens (including phenoxy) is 1. The largest absolute Gasteiger partial charge is 0.481 e. The van der Waals surface area contributed by atoms with Crippen molar-refractivity contribution in [3.63, 3.8) is 0 Å². The average Bonchev–Trinajstić information content (AvgIpc) is 3.21. The van der Waals surface area contributed by atoms with Crippen molar-refractivity contribution >= 4 is 22.8 Å². The number of urea groups is 1. The molecule has 0 spiro atoms. The van der Waals surface area contributed by atoms with Crippen LogP contribution in [0.3, 0.4) is 0 Å². The summed E-state index contributed by atoms with van der Waals surface area (Å²) < 4.78 is 57.6. The number of H-pyrrole nitrogens is 1. The molecule has 1 aromatic carbocycles. The Morgan fingerprint density at radius 3 is 2.56 bits per heavy atom. The predicted octanol–water partition coefficient (Wildman–Crippen LogP) is 5.07. The molecule has 4 aromatic rings. The molecule has 4 rings (SSSR count). The van der Waals surface area contributed by atoms with Crippen LogP contribution in [0.25, 0.3) is 22.2 Å². The van der Waals surface area contributed by atoms with Gasteiger partial charge in [-0.05, 0) is 30.7 Å². The van der Waals surface area contributed by atoms with Gasteiger partial charge >= 0.3 is 12.2 Å². The Labute approximate surface area is 190 Å². The quantitative estimate of drug-likeness (QED) is 0.351. The summed E-state index contributed by atoms with van der Waals surface area (Å²) in [6.07, 6.45) is -3.28. The zero-order valence-electron chi connectivity index (χ0n) is 17.9. The topological polar surface area (TPSA) is 105 Å². The van der Waals surface area contributed by atoms with Crippen molar-refractivity contribution < 1.29 is 27.1 Å². The van der Waals surface area contributed by atoms with E-state index in [0.717, 1.165) is 6.07 Å².